The van der Waals surface area contributed by atoms with E-state index in [4.69, 9.17) is 0 Å². The highest BCUT2D eigenvalue weighted by Gasteiger charge is 2.26. The quantitative estimate of drug-likeness (QED) is 0.611. The fraction of sp³-hybridized carbons (Fsp3) is 0.800. The van der Waals surface area contributed by atoms with Crippen LogP contribution >= 0.6 is 12.6 Å². The molecule has 2 heteroatoms. The molecule has 2 fully saturated rings. The Balaban J connectivity index is 2.05. The molecule has 2 aliphatic rings. The molecule has 1 aliphatic carbocycles. The molecule has 1 saturated heterocycles. The fourth-order valence-corrected chi connectivity index (χ4v) is 2.52. The van der Waals surface area contributed by atoms with Gasteiger partial charge in [0.15, 0.2) is 0 Å². The molecule has 1 aliphatic heterocycles. The van der Waals surface area contributed by atoms with E-state index in [1.165, 1.54) is 43.6 Å². The summed E-state index contributed by atoms with van der Waals surface area (Å²) in [6.45, 7) is 1.25. The van der Waals surface area contributed by atoms with Gasteiger partial charge in [0.1, 0.15) is 0 Å². The first-order valence-electron chi connectivity index (χ1n) is 4.90. The largest absolute Gasteiger partial charge is 0.299 e. The highest BCUT2D eigenvalue weighted by atomic mass is 32.1. The summed E-state index contributed by atoms with van der Waals surface area (Å²) in [6, 6.07) is 0.652. The number of likely N-dealkylation sites (tertiary alicyclic amines) is 1. The summed E-state index contributed by atoms with van der Waals surface area (Å²) >= 11 is 4.63. The summed E-state index contributed by atoms with van der Waals surface area (Å²) < 4.78 is 0. The predicted molar refractivity (Wildman–Crippen MR) is 55.5 cm³/mol. The van der Waals surface area contributed by atoms with Crippen LogP contribution in [-0.4, -0.2) is 24.5 Å². The minimum atomic E-state index is 0.652. The number of allylic oxidation sites excluding steroid dienone is 1. The minimum absolute atomic E-state index is 0.652. The molecule has 0 N–H and O–H groups in total. The second-order valence-corrected chi connectivity index (χ2v) is 4.46. The number of nitrogens with zero attached hydrogens (tertiary/aromatic N) is 1. The van der Waals surface area contributed by atoms with E-state index < -0.39 is 0 Å². The van der Waals surface area contributed by atoms with Gasteiger partial charge in [0.25, 0.3) is 0 Å². The van der Waals surface area contributed by atoms with Crippen molar-refractivity contribution < 1.29 is 0 Å². The Morgan fingerprint density at radius 2 is 2.17 bits per heavy atom. The van der Waals surface area contributed by atoms with Crippen molar-refractivity contribution in [3.63, 3.8) is 0 Å². The Morgan fingerprint density at radius 1 is 1.42 bits per heavy atom. The van der Waals surface area contributed by atoms with E-state index in [1.54, 1.807) is 5.57 Å². The smallest absolute Gasteiger partial charge is 0.0401 e. The Labute approximate surface area is 80.2 Å². The second kappa shape index (κ2) is 3.43. The molecule has 0 bridgehead atoms. The molecule has 2 rings (SSSR count). The van der Waals surface area contributed by atoms with Crippen molar-refractivity contribution in [3.8, 4) is 0 Å². The van der Waals surface area contributed by atoms with Gasteiger partial charge in [-0.2, -0.15) is 0 Å². The molecule has 1 nitrogen and oxygen atoms in total. The molecule has 0 aromatic rings. The minimum Gasteiger partial charge on any atom is -0.299 e. The Bertz CT molecular complexity index is 204. The lowest BCUT2D eigenvalue weighted by Gasteiger charge is -2.32. The molecule has 1 saturated carbocycles. The third-order valence-electron chi connectivity index (χ3n) is 2.95. The molecule has 0 radical (unpaired) electrons. The van der Waals surface area contributed by atoms with E-state index in [2.05, 4.69) is 24.6 Å². The van der Waals surface area contributed by atoms with Gasteiger partial charge < -0.3 is 0 Å². The van der Waals surface area contributed by atoms with Crippen LogP contribution in [0.25, 0.3) is 0 Å². The van der Waals surface area contributed by atoms with Crippen LogP contribution in [0.15, 0.2) is 10.5 Å². The molecule has 1 atom stereocenters. The van der Waals surface area contributed by atoms with E-state index >= 15 is 0 Å². The summed E-state index contributed by atoms with van der Waals surface area (Å²) in [5, 5.41) is 0. The third kappa shape index (κ3) is 1.69. The van der Waals surface area contributed by atoms with Crippen molar-refractivity contribution in [2.24, 2.45) is 0 Å². The van der Waals surface area contributed by atoms with Crippen molar-refractivity contribution in [1.29, 1.82) is 0 Å². The Morgan fingerprint density at radius 3 is 2.75 bits per heavy atom. The molecule has 1 heterocycles. The van der Waals surface area contributed by atoms with E-state index in [0.717, 1.165) is 0 Å². The number of hydrogen-bond acceptors (Lipinski definition) is 2. The predicted octanol–water partition coefficient (Wildman–Crippen LogP) is 2.45. The molecule has 0 spiro atoms. The topological polar surface area (TPSA) is 3.24 Å². The van der Waals surface area contributed by atoms with Gasteiger partial charge in [0.05, 0.1) is 0 Å². The maximum atomic E-state index is 4.63. The summed E-state index contributed by atoms with van der Waals surface area (Å²) in [4.78, 5) is 3.84. The maximum absolute atomic E-state index is 4.63. The van der Waals surface area contributed by atoms with Crippen LogP contribution in [0.3, 0.4) is 0 Å². The van der Waals surface area contributed by atoms with Crippen molar-refractivity contribution in [3.05, 3.63) is 10.5 Å². The number of hydrogen-bond donors (Lipinski definition) is 1. The van der Waals surface area contributed by atoms with Gasteiger partial charge in [0.2, 0.25) is 0 Å². The molecule has 12 heavy (non-hydrogen) atoms. The van der Waals surface area contributed by atoms with E-state index in [0.29, 0.717) is 6.04 Å². The van der Waals surface area contributed by atoms with Crippen LogP contribution in [-0.2, 0) is 0 Å². The first-order chi connectivity index (χ1) is 5.79. The fourth-order valence-electron chi connectivity index (χ4n) is 1.97. The van der Waals surface area contributed by atoms with Gasteiger partial charge in [-0.05, 0) is 44.2 Å². The summed E-state index contributed by atoms with van der Waals surface area (Å²) in [6.07, 6.45) is 6.68. The third-order valence-corrected chi connectivity index (χ3v) is 3.56. The molecule has 0 amide bonds. The van der Waals surface area contributed by atoms with Gasteiger partial charge >= 0.3 is 0 Å². The van der Waals surface area contributed by atoms with Crippen molar-refractivity contribution in [1.82, 2.24) is 4.90 Å². The van der Waals surface area contributed by atoms with E-state index in [-0.39, 0.29) is 0 Å². The van der Waals surface area contributed by atoms with E-state index in [1.807, 2.05) is 0 Å². The standard InChI is InChI=1S/C10H17NS/c1-11-7-3-2-4-9(11)10(12)8-5-6-8/h9,12H,2-7H2,1H3. The summed E-state index contributed by atoms with van der Waals surface area (Å²) in [5.41, 5.74) is 1.61. The SMILES string of the molecule is CN1CCCCC1C(S)=C1CC1. The number of thiol groups is 1. The average molecular weight is 183 g/mol. The van der Waals surface area contributed by atoms with Crippen molar-refractivity contribution in [2.75, 3.05) is 13.6 Å². The highest BCUT2D eigenvalue weighted by molar-refractivity contribution is 7.84. The maximum Gasteiger partial charge on any atom is 0.0401 e. The van der Waals surface area contributed by atoms with Crippen molar-refractivity contribution in [2.45, 2.75) is 38.1 Å². The number of piperidine rings is 1. The molecular weight excluding hydrogens is 166 g/mol. The van der Waals surface area contributed by atoms with Crippen LogP contribution < -0.4 is 0 Å². The molecule has 0 aromatic heterocycles. The van der Waals surface area contributed by atoms with Crippen LogP contribution in [0, 0.1) is 0 Å². The average Bonchev–Trinajstić information content (AvgIpc) is 2.86. The van der Waals surface area contributed by atoms with Gasteiger partial charge in [-0.25, -0.2) is 0 Å². The molecular formula is C10H17NS. The van der Waals surface area contributed by atoms with Gasteiger partial charge in [-0.15, -0.1) is 12.6 Å². The Hall–Kier alpha value is 0.0500. The number of rotatable bonds is 1. The van der Waals surface area contributed by atoms with Crippen LogP contribution in [0.2, 0.25) is 0 Å². The Kier molecular flexibility index (Phi) is 2.47. The van der Waals surface area contributed by atoms with E-state index in [9.17, 15) is 0 Å². The lowest BCUT2D eigenvalue weighted by Crippen LogP contribution is -2.36. The van der Waals surface area contributed by atoms with Gasteiger partial charge in [-0.3, -0.25) is 4.90 Å². The zero-order valence-electron chi connectivity index (χ0n) is 7.71. The van der Waals surface area contributed by atoms with Crippen LogP contribution in [0.1, 0.15) is 32.1 Å². The zero-order valence-corrected chi connectivity index (χ0v) is 8.61. The van der Waals surface area contributed by atoms with Crippen LogP contribution in [0.5, 0.6) is 0 Å². The molecule has 1 unspecified atom stereocenters. The van der Waals surface area contributed by atoms with Crippen LogP contribution in [0.4, 0.5) is 0 Å². The normalized spacial score (nSPS) is 30.5. The second-order valence-electron chi connectivity index (χ2n) is 3.98. The summed E-state index contributed by atoms with van der Waals surface area (Å²) in [5.74, 6) is 0. The lowest BCUT2D eigenvalue weighted by molar-refractivity contribution is 0.219. The zero-order chi connectivity index (χ0) is 8.55. The first-order valence-corrected chi connectivity index (χ1v) is 5.35. The lowest BCUT2D eigenvalue weighted by atomic mass is 10.0. The van der Waals surface area contributed by atoms with Crippen molar-refractivity contribution >= 4 is 12.6 Å². The first kappa shape index (κ1) is 8.64. The molecule has 68 valence electrons. The van der Waals surface area contributed by atoms with Gasteiger partial charge in [-0.1, -0.05) is 12.0 Å². The van der Waals surface area contributed by atoms with Gasteiger partial charge in [0, 0.05) is 6.04 Å². The highest BCUT2D eigenvalue weighted by Crippen LogP contribution is 2.37. The summed E-state index contributed by atoms with van der Waals surface area (Å²) in [7, 11) is 2.23. The molecule has 0 aromatic carbocycles. The monoisotopic (exact) mass is 183 g/mol. The number of likely N-dealkylation sites (N-methyl/N-ethyl adjacent to an activating group) is 1.